The Labute approximate surface area is 204 Å². The van der Waals surface area contributed by atoms with Crippen molar-refractivity contribution in [1.82, 2.24) is 15.2 Å². The van der Waals surface area contributed by atoms with E-state index in [-0.39, 0.29) is 5.91 Å². The lowest BCUT2D eigenvalue weighted by Crippen LogP contribution is -2.53. The van der Waals surface area contributed by atoms with Gasteiger partial charge in [0.2, 0.25) is 5.91 Å². The number of benzene rings is 1. The number of unbranched alkanes of at least 4 members (excludes halogenated alkanes) is 9. The molecular weight excluding hydrogens is 430 g/mol. The van der Waals surface area contributed by atoms with E-state index < -0.39 is 18.1 Å². The molecule has 190 valence electrons. The van der Waals surface area contributed by atoms with E-state index >= 15 is 0 Å². The number of ether oxygens (including phenoxy) is 1. The highest BCUT2D eigenvalue weighted by Gasteiger charge is 2.29. The summed E-state index contributed by atoms with van der Waals surface area (Å²) in [4.78, 5) is 30.4. The lowest BCUT2D eigenvalue weighted by molar-refractivity contribution is -0.134. The van der Waals surface area contributed by atoms with Gasteiger partial charge in [-0.1, -0.05) is 70.8 Å². The van der Waals surface area contributed by atoms with E-state index in [0.717, 1.165) is 23.7 Å². The average Bonchev–Trinajstić information content (AvgIpc) is 3.27. The van der Waals surface area contributed by atoms with Crippen LogP contribution in [-0.4, -0.2) is 59.7 Å². The summed E-state index contributed by atoms with van der Waals surface area (Å²) in [5, 5.41) is 13.7. The van der Waals surface area contributed by atoms with Crippen LogP contribution in [-0.2, 0) is 4.79 Å². The predicted octanol–water partition coefficient (Wildman–Crippen LogP) is 5.04. The second kappa shape index (κ2) is 14.7. The van der Waals surface area contributed by atoms with E-state index in [0.29, 0.717) is 18.0 Å². The molecule has 2 atom stereocenters. The zero-order valence-electron chi connectivity index (χ0n) is 21.4. The Hall–Kier alpha value is -2.54. The third kappa shape index (κ3) is 8.35. The lowest BCUT2D eigenvalue weighted by Gasteiger charge is -2.26. The lowest BCUT2D eigenvalue weighted by atomic mass is 10.1. The number of hydrogen-bond acceptors (Lipinski definition) is 4. The number of aromatic nitrogens is 1. The maximum atomic E-state index is 12.9. The molecule has 0 bridgehead atoms. The first-order valence-electron chi connectivity index (χ1n) is 12.8. The molecule has 0 unspecified atom stereocenters. The standard InChI is InChI=1S/C27H43N3O4/c1-5-6-7-8-9-10-11-12-13-14-18-30(3)27(33)25(20(2)31)29-26(32)23-19-21-22(28-23)16-15-17-24(21)34-4/h15-17,19-20,25,28,31H,5-14,18H2,1-4H3,(H,29,32)/t20-,25+/m1/s1. The number of carbonyl (C=O) groups is 2. The Morgan fingerprint density at radius 3 is 2.26 bits per heavy atom. The number of H-pyrrole nitrogens is 1. The van der Waals surface area contributed by atoms with Gasteiger partial charge in [0.1, 0.15) is 17.5 Å². The van der Waals surface area contributed by atoms with Crippen molar-refractivity contribution in [3.63, 3.8) is 0 Å². The number of amides is 2. The fourth-order valence-corrected chi connectivity index (χ4v) is 4.22. The third-order valence-corrected chi connectivity index (χ3v) is 6.35. The fourth-order valence-electron chi connectivity index (χ4n) is 4.22. The molecule has 2 rings (SSSR count). The molecule has 0 spiro atoms. The molecule has 2 amide bonds. The van der Waals surface area contributed by atoms with Crippen LogP contribution in [0.4, 0.5) is 0 Å². The van der Waals surface area contributed by atoms with Crippen molar-refractivity contribution in [1.29, 1.82) is 0 Å². The van der Waals surface area contributed by atoms with Crippen LogP contribution in [0, 0.1) is 0 Å². The number of methoxy groups -OCH3 is 1. The number of aliphatic hydroxyl groups is 1. The second-order valence-corrected chi connectivity index (χ2v) is 9.24. The van der Waals surface area contributed by atoms with Crippen LogP contribution in [0.2, 0.25) is 0 Å². The number of carbonyl (C=O) groups excluding carboxylic acids is 2. The normalized spacial score (nSPS) is 13.0. The van der Waals surface area contributed by atoms with Gasteiger partial charge in [-0.05, 0) is 31.5 Å². The molecule has 0 fully saturated rings. The van der Waals surface area contributed by atoms with Gasteiger partial charge in [-0.2, -0.15) is 0 Å². The van der Waals surface area contributed by atoms with Gasteiger partial charge in [0.05, 0.1) is 13.2 Å². The average molecular weight is 474 g/mol. The highest BCUT2D eigenvalue weighted by atomic mass is 16.5. The number of nitrogens with zero attached hydrogens (tertiary/aromatic N) is 1. The van der Waals surface area contributed by atoms with Gasteiger partial charge in [-0.15, -0.1) is 0 Å². The van der Waals surface area contributed by atoms with Gasteiger partial charge < -0.3 is 25.0 Å². The van der Waals surface area contributed by atoms with Crippen LogP contribution in [0.1, 0.15) is 88.5 Å². The van der Waals surface area contributed by atoms with Crippen molar-refractivity contribution in [2.45, 2.75) is 90.2 Å². The number of rotatable bonds is 16. The zero-order valence-corrected chi connectivity index (χ0v) is 21.4. The molecule has 34 heavy (non-hydrogen) atoms. The van der Waals surface area contributed by atoms with Crippen LogP contribution in [0.25, 0.3) is 10.9 Å². The Balaban J connectivity index is 1.80. The summed E-state index contributed by atoms with van der Waals surface area (Å²) < 4.78 is 5.35. The minimum atomic E-state index is -1.01. The maximum absolute atomic E-state index is 12.9. The van der Waals surface area contributed by atoms with Crippen LogP contribution in [0.5, 0.6) is 5.75 Å². The van der Waals surface area contributed by atoms with Crippen molar-refractivity contribution < 1.29 is 19.4 Å². The molecular formula is C27H43N3O4. The molecule has 1 aromatic carbocycles. The summed E-state index contributed by atoms with van der Waals surface area (Å²) in [7, 11) is 3.31. The van der Waals surface area contributed by atoms with Crippen LogP contribution in [0.3, 0.4) is 0 Å². The highest BCUT2D eigenvalue weighted by Crippen LogP contribution is 2.26. The Kier molecular flexibility index (Phi) is 11.9. The summed E-state index contributed by atoms with van der Waals surface area (Å²) >= 11 is 0. The van der Waals surface area contributed by atoms with E-state index in [4.69, 9.17) is 4.74 Å². The zero-order chi connectivity index (χ0) is 24.9. The molecule has 7 heteroatoms. The van der Waals surface area contributed by atoms with E-state index in [1.165, 1.54) is 58.3 Å². The van der Waals surface area contributed by atoms with Crippen molar-refractivity contribution >= 4 is 22.7 Å². The molecule has 0 saturated heterocycles. The van der Waals surface area contributed by atoms with Crippen LogP contribution < -0.4 is 10.1 Å². The first-order valence-corrected chi connectivity index (χ1v) is 12.8. The molecule has 2 aromatic rings. The largest absolute Gasteiger partial charge is 0.496 e. The summed E-state index contributed by atoms with van der Waals surface area (Å²) in [5.41, 5.74) is 1.08. The molecule has 1 aromatic heterocycles. The molecule has 0 aliphatic rings. The number of fused-ring (bicyclic) bond motifs is 1. The fraction of sp³-hybridized carbons (Fsp3) is 0.630. The predicted molar refractivity (Wildman–Crippen MR) is 137 cm³/mol. The van der Waals surface area contributed by atoms with Crippen molar-refractivity contribution in [3.05, 3.63) is 30.0 Å². The van der Waals surface area contributed by atoms with E-state index in [1.54, 1.807) is 25.1 Å². The van der Waals surface area contributed by atoms with Crippen molar-refractivity contribution in [2.75, 3.05) is 20.7 Å². The number of hydrogen-bond donors (Lipinski definition) is 3. The first-order chi connectivity index (χ1) is 16.4. The summed E-state index contributed by atoms with van der Waals surface area (Å²) in [5.74, 6) is -0.0648. The van der Waals surface area contributed by atoms with E-state index in [2.05, 4.69) is 17.2 Å². The topological polar surface area (TPSA) is 94.7 Å². The van der Waals surface area contributed by atoms with E-state index in [9.17, 15) is 14.7 Å². The summed E-state index contributed by atoms with van der Waals surface area (Å²) in [6.07, 6.45) is 11.3. The van der Waals surface area contributed by atoms with Gasteiger partial charge >= 0.3 is 0 Å². The third-order valence-electron chi connectivity index (χ3n) is 6.35. The summed E-state index contributed by atoms with van der Waals surface area (Å²) in [6, 6.07) is 6.20. The molecule has 0 saturated carbocycles. The van der Waals surface area contributed by atoms with Gasteiger partial charge in [0, 0.05) is 24.5 Å². The molecule has 7 nitrogen and oxygen atoms in total. The Morgan fingerprint density at radius 1 is 1.06 bits per heavy atom. The van der Waals surface area contributed by atoms with Gasteiger partial charge in [-0.3, -0.25) is 9.59 Å². The van der Waals surface area contributed by atoms with Crippen LogP contribution in [0.15, 0.2) is 24.3 Å². The van der Waals surface area contributed by atoms with Gasteiger partial charge in [0.25, 0.3) is 5.91 Å². The van der Waals surface area contributed by atoms with E-state index in [1.807, 2.05) is 18.2 Å². The smallest absolute Gasteiger partial charge is 0.268 e. The first kappa shape index (κ1) is 27.7. The maximum Gasteiger partial charge on any atom is 0.268 e. The molecule has 3 N–H and O–H groups in total. The quantitative estimate of drug-likeness (QED) is 0.298. The molecule has 1 heterocycles. The second-order valence-electron chi connectivity index (χ2n) is 9.24. The number of aromatic amines is 1. The summed E-state index contributed by atoms with van der Waals surface area (Å²) in [6.45, 7) is 4.36. The Bertz CT molecular complexity index is 893. The monoisotopic (exact) mass is 473 g/mol. The van der Waals surface area contributed by atoms with Crippen LogP contribution >= 0.6 is 0 Å². The SMILES string of the molecule is CCCCCCCCCCCCN(C)C(=O)[C@@H](NC(=O)c1cc2c(OC)cccc2[nH]1)[C@@H](C)O. The number of likely N-dealkylation sites (N-methyl/N-ethyl adjacent to an activating group) is 1. The van der Waals surface area contributed by atoms with Gasteiger partial charge in [-0.25, -0.2) is 0 Å². The molecule has 0 aliphatic carbocycles. The highest BCUT2D eigenvalue weighted by molar-refractivity contribution is 6.01. The molecule has 0 radical (unpaired) electrons. The minimum absolute atomic E-state index is 0.284. The minimum Gasteiger partial charge on any atom is -0.496 e. The van der Waals surface area contributed by atoms with Gasteiger partial charge in [0.15, 0.2) is 0 Å². The Morgan fingerprint density at radius 2 is 1.68 bits per heavy atom. The van der Waals surface area contributed by atoms with Crippen molar-refractivity contribution in [3.8, 4) is 5.75 Å². The van der Waals surface area contributed by atoms with Crippen molar-refractivity contribution in [2.24, 2.45) is 0 Å². The number of aliphatic hydroxyl groups excluding tert-OH is 1. The number of nitrogens with one attached hydrogen (secondary N) is 2. The molecule has 0 aliphatic heterocycles.